The zero-order valence-corrected chi connectivity index (χ0v) is 15.3. The Labute approximate surface area is 145 Å². The highest BCUT2D eigenvalue weighted by molar-refractivity contribution is 9.10. The van der Waals surface area contributed by atoms with E-state index >= 15 is 0 Å². The summed E-state index contributed by atoms with van der Waals surface area (Å²) in [4.78, 5) is 12.4. The van der Waals surface area contributed by atoms with E-state index in [-0.39, 0.29) is 24.4 Å². The summed E-state index contributed by atoms with van der Waals surface area (Å²) in [6.45, 7) is 4.00. The Kier molecular flexibility index (Phi) is 7.45. The van der Waals surface area contributed by atoms with E-state index in [9.17, 15) is 4.79 Å². The minimum atomic E-state index is -0.0992. The van der Waals surface area contributed by atoms with Crippen molar-refractivity contribution in [3.63, 3.8) is 0 Å². The number of hydrogen-bond acceptors (Lipinski definition) is 4. The van der Waals surface area contributed by atoms with Gasteiger partial charge in [0.05, 0.1) is 14.2 Å². The summed E-state index contributed by atoms with van der Waals surface area (Å²) in [7, 11) is 3.13. The highest BCUT2D eigenvalue weighted by Crippen LogP contribution is 2.35. The van der Waals surface area contributed by atoms with Crippen molar-refractivity contribution < 1.29 is 14.3 Å². The number of rotatable bonds is 4. The average Bonchev–Trinajstić information content (AvgIpc) is 2.49. The maximum atomic E-state index is 12.4. The van der Waals surface area contributed by atoms with Gasteiger partial charge in [0.1, 0.15) is 16.0 Å². The van der Waals surface area contributed by atoms with Crippen molar-refractivity contribution in [1.82, 2.24) is 10.6 Å². The molecule has 2 unspecified atom stereocenters. The molecule has 1 heterocycles. The van der Waals surface area contributed by atoms with Gasteiger partial charge in [-0.3, -0.25) is 4.79 Å². The second-order valence-electron chi connectivity index (χ2n) is 5.24. The molecule has 1 aliphatic heterocycles. The smallest absolute Gasteiger partial charge is 0.251 e. The number of benzene rings is 1. The first kappa shape index (κ1) is 19.1. The Morgan fingerprint density at radius 3 is 2.41 bits per heavy atom. The Hall–Kier alpha value is -0.980. The summed E-state index contributed by atoms with van der Waals surface area (Å²) in [6.07, 6.45) is 0.942. The third kappa shape index (κ3) is 4.27. The van der Waals surface area contributed by atoms with Crippen LogP contribution in [0.25, 0.3) is 0 Å². The molecule has 0 aromatic heterocycles. The van der Waals surface area contributed by atoms with Crippen LogP contribution >= 0.6 is 28.3 Å². The van der Waals surface area contributed by atoms with Gasteiger partial charge in [0, 0.05) is 11.6 Å². The Balaban J connectivity index is 0.00000242. The van der Waals surface area contributed by atoms with Crippen LogP contribution in [0.5, 0.6) is 11.5 Å². The lowest BCUT2D eigenvalue weighted by molar-refractivity contribution is 0.0913. The first-order valence-electron chi connectivity index (χ1n) is 7.00. The second kappa shape index (κ2) is 8.60. The van der Waals surface area contributed by atoms with Gasteiger partial charge in [0.25, 0.3) is 5.91 Å². The minimum Gasteiger partial charge on any atom is -0.495 e. The molecule has 7 heteroatoms. The molecule has 124 valence electrons. The Morgan fingerprint density at radius 1 is 1.32 bits per heavy atom. The van der Waals surface area contributed by atoms with E-state index in [0.717, 1.165) is 19.5 Å². The maximum Gasteiger partial charge on any atom is 0.251 e. The van der Waals surface area contributed by atoms with Gasteiger partial charge >= 0.3 is 0 Å². The molecule has 1 aliphatic rings. The lowest BCUT2D eigenvalue weighted by Crippen LogP contribution is -2.48. The fourth-order valence-electron chi connectivity index (χ4n) is 2.48. The van der Waals surface area contributed by atoms with Gasteiger partial charge in [-0.1, -0.05) is 6.92 Å². The number of amides is 1. The van der Waals surface area contributed by atoms with Crippen LogP contribution < -0.4 is 20.1 Å². The van der Waals surface area contributed by atoms with Crippen molar-refractivity contribution in [2.75, 3.05) is 27.3 Å². The van der Waals surface area contributed by atoms with E-state index in [1.54, 1.807) is 26.4 Å². The van der Waals surface area contributed by atoms with Gasteiger partial charge in [0.15, 0.2) is 0 Å². The fourth-order valence-corrected chi connectivity index (χ4v) is 3.03. The summed E-state index contributed by atoms with van der Waals surface area (Å²) in [5.74, 6) is 1.48. The van der Waals surface area contributed by atoms with E-state index in [0.29, 0.717) is 27.5 Å². The van der Waals surface area contributed by atoms with Crippen LogP contribution in [0.3, 0.4) is 0 Å². The second-order valence-corrected chi connectivity index (χ2v) is 6.04. The van der Waals surface area contributed by atoms with Crippen LogP contribution in [-0.4, -0.2) is 39.3 Å². The molecule has 1 aromatic rings. The zero-order chi connectivity index (χ0) is 15.4. The van der Waals surface area contributed by atoms with E-state index < -0.39 is 0 Å². The summed E-state index contributed by atoms with van der Waals surface area (Å²) in [6, 6.07) is 3.63. The molecule has 5 nitrogen and oxygen atoms in total. The van der Waals surface area contributed by atoms with Crippen molar-refractivity contribution in [2.45, 2.75) is 19.4 Å². The number of ether oxygens (including phenoxy) is 2. The van der Waals surface area contributed by atoms with Crippen LogP contribution in [-0.2, 0) is 0 Å². The number of carbonyl (C=O) groups excluding carboxylic acids is 1. The summed E-state index contributed by atoms with van der Waals surface area (Å²) in [5.41, 5.74) is 0.539. The number of piperidine rings is 1. The lowest BCUT2D eigenvalue weighted by Gasteiger charge is -2.30. The monoisotopic (exact) mass is 392 g/mol. The zero-order valence-electron chi connectivity index (χ0n) is 12.9. The predicted molar refractivity (Wildman–Crippen MR) is 92.4 cm³/mol. The Bertz CT molecular complexity index is 503. The largest absolute Gasteiger partial charge is 0.495 e. The summed E-state index contributed by atoms with van der Waals surface area (Å²) >= 11 is 3.40. The van der Waals surface area contributed by atoms with Crippen LogP contribution in [0.4, 0.5) is 0 Å². The molecule has 0 bridgehead atoms. The van der Waals surface area contributed by atoms with E-state index in [1.165, 1.54) is 0 Å². The maximum absolute atomic E-state index is 12.4. The van der Waals surface area contributed by atoms with Crippen molar-refractivity contribution in [2.24, 2.45) is 5.92 Å². The van der Waals surface area contributed by atoms with Crippen molar-refractivity contribution in [3.05, 3.63) is 22.2 Å². The van der Waals surface area contributed by atoms with Gasteiger partial charge in [-0.2, -0.15) is 0 Å². The molecule has 1 amide bonds. The van der Waals surface area contributed by atoms with Crippen LogP contribution in [0.2, 0.25) is 0 Å². The summed E-state index contributed by atoms with van der Waals surface area (Å²) < 4.78 is 11.3. The van der Waals surface area contributed by atoms with Gasteiger partial charge in [-0.05, 0) is 53.5 Å². The molecular weight excluding hydrogens is 372 g/mol. The molecule has 0 radical (unpaired) electrons. The average molecular weight is 394 g/mol. The molecule has 22 heavy (non-hydrogen) atoms. The Morgan fingerprint density at radius 2 is 1.91 bits per heavy atom. The predicted octanol–water partition coefficient (Wildman–Crippen LogP) is 2.62. The van der Waals surface area contributed by atoms with E-state index in [1.807, 2.05) is 0 Å². The first-order valence-corrected chi connectivity index (χ1v) is 7.79. The van der Waals surface area contributed by atoms with Gasteiger partial charge in [-0.15, -0.1) is 12.4 Å². The van der Waals surface area contributed by atoms with Gasteiger partial charge in [-0.25, -0.2) is 0 Å². The van der Waals surface area contributed by atoms with Crippen LogP contribution in [0.1, 0.15) is 23.7 Å². The molecule has 0 spiro atoms. The number of nitrogens with one attached hydrogen (secondary N) is 2. The third-order valence-electron chi connectivity index (χ3n) is 3.81. The van der Waals surface area contributed by atoms with Crippen molar-refractivity contribution >= 4 is 34.2 Å². The molecular formula is C15H22BrClN2O3. The highest BCUT2D eigenvalue weighted by Gasteiger charge is 2.24. The first-order chi connectivity index (χ1) is 10.1. The molecule has 2 rings (SSSR count). The lowest BCUT2D eigenvalue weighted by atomic mass is 9.95. The van der Waals surface area contributed by atoms with Crippen molar-refractivity contribution in [1.29, 1.82) is 0 Å². The highest BCUT2D eigenvalue weighted by atomic mass is 79.9. The molecule has 1 aromatic carbocycles. The standard InChI is InChI=1S/C15H21BrN2O3.ClH/c1-9-8-17-5-4-11(9)18-15(19)10-6-12(20-2)14(16)13(7-10)21-3;/h6-7,9,11,17H,4-5,8H2,1-3H3,(H,18,19);1H. The number of methoxy groups -OCH3 is 2. The quantitative estimate of drug-likeness (QED) is 0.825. The van der Waals surface area contributed by atoms with Gasteiger partial charge < -0.3 is 20.1 Å². The summed E-state index contributed by atoms with van der Waals surface area (Å²) in [5, 5.41) is 6.43. The van der Waals surface area contributed by atoms with Gasteiger partial charge in [0.2, 0.25) is 0 Å². The molecule has 0 aliphatic carbocycles. The van der Waals surface area contributed by atoms with E-state index in [4.69, 9.17) is 9.47 Å². The molecule has 2 atom stereocenters. The number of hydrogen-bond donors (Lipinski definition) is 2. The minimum absolute atomic E-state index is 0. The molecule has 1 saturated heterocycles. The molecule has 2 N–H and O–H groups in total. The fraction of sp³-hybridized carbons (Fsp3) is 0.533. The van der Waals surface area contributed by atoms with Crippen LogP contribution in [0.15, 0.2) is 16.6 Å². The topological polar surface area (TPSA) is 59.6 Å². The molecule has 1 fully saturated rings. The van der Waals surface area contributed by atoms with Crippen LogP contribution in [0, 0.1) is 5.92 Å². The molecule has 0 saturated carbocycles. The van der Waals surface area contributed by atoms with Crippen molar-refractivity contribution in [3.8, 4) is 11.5 Å². The normalized spacial score (nSPS) is 20.7. The number of carbonyl (C=O) groups is 1. The third-order valence-corrected chi connectivity index (χ3v) is 4.59. The number of halogens is 2. The van der Waals surface area contributed by atoms with E-state index in [2.05, 4.69) is 33.5 Å². The SMILES string of the molecule is COc1cc(C(=O)NC2CCNCC2C)cc(OC)c1Br.Cl.